The van der Waals surface area contributed by atoms with E-state index >= 15 is 0 Å². The Balaban J connectivity index is 2.46. The zero-order valence-corrected chi connectivity index (χ0v) is 13.7. The lowest BCUT2D eigenvalue weighted by Crippen LogP contribution is -2.39. The Kier molecular flexibility index (Phi) is 4.20. The number of thiophene rings is 1. The standard InChI is InChI=1S/C15H18NO2S2/c1-11-7-5-6-8-12(11)13-9-10-14(19-13)16(20(17)18)15(2,3)4/h5-9,20H,1-4H3. The minimum Gasteiger partial charge on any atom is -0.257 e. The van der Waals surface area contributed by atoms with Crippen LogP contribution in [0.5, 0.6) is 0 Å². The van der Waals surface area contributed by atoms with Gasteiger partial charge in [0.05, 0.1) is 0 Å². The van der Waals surface area contributed by atoms with Crippen LogP contribution in [0.25, 0.3) is 10.4 Å². The number of thiol groups is 1. The van der Waals surface area contributed by atoms with Crippen LogP contribution in [0.3, 0.4) is 0 Å². The van der Waals surface area contributed by atoms with Gasteiger partial charge >= 0.3 is 0 Å². The first-order valence-electron chi connectivity index (χ1n) is 6.33. The summed E-state index contributed by atoms with van der Waals surface area (Å²) >= 11 is 1.45. The van der Waals surface area contributed by atoms with E-state index in [1.165, 1.54) is 21.2 Å². The van der Waals surface area contributed by atoms with Gasteiger partial charge in [-0.25, -0.2) is 8.42 Å². The highest BCUT2D eigenvalue weighted by atomic mass is 32.2. The summed E-state index contributed by atoms with van der Waals surface area (Å²) in [6.07, 6.45) is 0. The fourth-order valence-corrected chi connectivity index (χ4v) is 4.16. The first kappa shape index (κ1) is 15.1. The van der Waals surface area contributed by atoms with Gasteiger partial charge in [0.25, 0.3) is 0 Å². The van der Waals surface area contributed by atoms with Gasteiger partial charge in [0.1, 0.15) is 5.00 Å². The van der Waals surface area contributed by atoms with Crippen molar-refractivity contribution in [1.82, 2.24) is 0 Å². The lowest BCUT2D eigenvalue weighted by atomic mass is 10.1. The summed E-state index contributed by atoms with van der Waals surface area (Å²) in [7, 11) is -2.68. The van der Waals surface area contributed by atoms with E-state index < -0.39 is 16.4 Å². The summed E-state index contributed by atoms with van der Waals surface area (Å²) < 4.78 is 24.4. The SMILES string of the molecule is Cc1ccccc1-c1c[c]c(N([SH](=O)=O)C(C)(C)C)s1. The summed E-state index contributed by atoms with van der Waals surface area (Å²) in [5.41, 5.74) is 1.80. The fraction of sp³-hybridized carbons (Fsp3) is 0.333. The quantitative estimate of drug-likeness (QED) is 0.879. The molecule has 0 bridgehead atoms. The lowest BCUT2D eigenvalue weighted by Gasteiger charge is -2.30. The molecular weight excluding hydrogens is 290 g/mol. The van der Waals surface area contributed by atoms with Crippen LogP contribution in [-0.2, 0) is 10.9 Å². The maximum Gasteiger partial charge on any atom is 0.226 e. The molecule has 1 heterocycles. The second kappa shape index (κ2) is 5.58. The molecule has 107 valence electrons. The molecule has 3 nitrogen and oxygen atoms in total. The van der Waals surface area contributed by atoms with E-state index in [0.717, 1.165) is 10.4 Å². The fourth-order valence-electron chi connectivity index (χ4n) is 2.00. The Bertz CT molecular complexity index is 673. The molecule has 1 aromatic heterocycles. The number of aryl methyl sites for hydroxylation is 1. The van der Waals surface area contributed by atoms with Crippen LogP contribution in [0, 0.1) is 13.0 Å². The third-order valence-corrected chi connectivity index (χ3v) is 5.25. The molecule has 0 aliphatic carbocycles. The molecule has 0 amide bonds. The molecule has 0 saturated heterocycles. The van der Waals surface area contributed by atoms with E-state index in [1.807, 2.05) is 58.0 Å². The van der Waals surface area contributed by atoms with E-state index in [2.05, 4.69) is 6.07 Å². The summed E-state index contributed by atoms with van der Waals surface area (Å²) in [6, 6.07) is 13.0. The minimum absolute atomic E-state index is 0.487. The summed E-state index contributed by atoms with van der Waals surface area (Å²) in [6.45, 7) is 7.67. The molecule has 2 rings (SSSR count). The van der Waals surface area contributed by atoms with Crippen LogP contribution in [0.4, 0.5) is 5.00 Å². The molecule has 0 aliphatic rings. The normalized spacial score (nSPS) is 11.8. The molecule has 20 heavy (non-hydrogen) atoms. The van der Waals surface area contributed by atoms with Crippen LogP contribution in [0.1, 0.15) is 26.3 Å². The zero-order chi connectivity index (χ0) is 14.9. The van der Waals surface area contributed by atoms with Crippen molar-refractivity contribution < 1.29 is 8.42 Å². The number of rotatable bonds is 3. The largest absolute Gasteiger partial charge is 0.257 e. The van der Waals surface area contributed by atoms with Gasteiger partial charge in [0.2, 0.25) is 10.9 Å². The highest BCUT2D eigenvalue weighted by Crippen LogP contribution is 2.37. The molecule has 0 saturated carbocycles. The highest BCUT2D eigenvalue weighted by Gasteiger charge is 2.25. The Hall–Kier alpha value is -1.33. The number of anilines is 1. The van der Waals surface area contributed by atoms with Crippen molar-refractivity contribution >= 4 is 27.2 Å². The van der Waals surface area contributed by atoms with Gasteiger partial charge in [0.15, 0.2) is 0 Å². The molecule has 0 N–H and O–H groups in total. The molecule has 0 aliphatic heterocycles. The zero-order valence-electron chi connectivity index (χ0n) is 12.0. The van der Waals surface area contributed by atoms with Crippen molar-refractivity contribution in [1.29, 1.82) is 0 Å². The average molecular weight is 308 g/mol. The topological polar surface area (TPSA) is 37.4 Å². The molecule has 5 heteroatoms. The van der Waals surface area contributed by atoms with Crippen molar-refractivity contribution in [3.05, 3.63) is 42.0 Å². The van der Waals surface area contributed by atoms with Crippen molar-refractivity contribution in [2.75, 3.05) is 4.31 Å². The third kappa shape index (κ3) is 3.04. The Morgan fingerprint density at radius 3 is 2.40 bits per heavy atom. The van der Waals surface area contributed by atoms with E-state index in [1.54, 1.807) is 0 Å². The molecule has 0 fully saturated rings. The molecule has 0 spiro atoms. The number of hydrogen-bond donors (Lipinski definition) is 1. The third-order valence-electron chi connectivity index (χ3n) is 2.93. The van der Waals surface area contributed by atoms with Gasteiger partial charge in [-0.05, 0) is 44.9 Å². The molecule has 0 atom stereocenters. The van der Waals surface area contributed by atoms with Crippen molar-refractivity contribution in [3.8, 4) is 10.4 Å². The predicted octanol–water partition coefficient (Wildman–Crippen LogP) is 3.66. The van der Waals surface area contributed by atoms with Crippen molar-refractivity contribution in [3.63, 3.8) is 0 Å². The van der Waals surface area contributed by atoms with E-state index in [4.69, 9.17) is 0 Å². The van der Waals surface area contributed by atoms with Gasteiger partial charge < -0.3 is 0 Å². The number of hydrogen-bond acceptors (Lipinski definition) is 3. The van der Waals surface area contributed by atoms with Gasteiger partial charge in [-0.3, -0.25) is 4.31 Å². The van der Waals surface area contributed by atoms with Crippen molar-refractivity contribution in [2.24, 2.45) is 0 Å². The molecule has 1 aromatic carbocycles. The Morgan fingerprint density at radius 1 is 1.20 bits per heavy atom. The second-order valence-corrected chi connectivity index (χ2v) is 7.50. The van der Waals surface area contributed by atoms with Crippen LogP contribution >= 0.6 is 11.3 Å². The average Bonchev–Trinajstić information content (AvgIpc) is 2.76. The first-order chi connectivity index (χ1) is 9.30. The van der Waals surface area contributed by atoms with Gasteiger partial charge in [0, 0.05) is 16.5 Å². The summed E-state index contributed by atoms with van der Waals surface area (Å²) in [5, 5.41) is 0.631. The van der Waals surface area contributed by atoms with Crippen LogP contribution in [0.15, 0.2) is 30.3 Å². The maximum atomic E-state index is 11.5. The smallest absolute Gasteiger partial charge is 0.226 e. The van der Waals surface area contributed by atoms with Gasteiger partial charge in [-0.1, -0.05) is 24.3 Å². The Labute approximate surface area is 126 Å². The Morgan fingerprint density at radius 2 is 1.85 bits per heavy atom. The van der Waals surface area contributed by atoms with Crippen LogP contribution < -0.4 is 4.31 Å². The van der Waals surface area contributed by atoms with Crippen LogP contribution in [-0.4, -0.2) is 14.0 Å². The van der Waals surface area contributed by atoms with Crippen molar-refractivity contribution in [2.45, 2.75) is 33.2 Å². The second-order valence-electron chi connectivity index (χ2n) is 5.60. The van der Waals surface area contributed by atoms with Gasteiger partial charge in [-0.2, -0.15) is 0 Å². The molecule has 0 unspecified atom stereocenters. The molecular formula is C15H18NO2S2. The van der Waals surface area contributed by atoms with Crippen LogP contribution in [0.2, 0.25) is 0 Å². The highest BCUT2D eigenvalue weighted by molar-refractivity contribution is 7.74. The maximum absolute atomic E-state index is 11.5. The predicted molar refractivity (Wildman–Crippen MR) is 85.9 cm³/mol. The molecule has 2 aromatic rings. The van der Waals surface area contributed by atoms with E-state index in [-0.39, 0.29) is 0 Å². The summed E-state index contributed by atoms with van der Waals surface area (Å²) in [5.74, 6) is 0. The van der Waals surface area contributed by atoms with E-state index in [9.17, 15) is 8.42 Å². The number of nitrogens with zero attached hydrogens (tertiary/aromatic N) is 1. The molecule has 1 radical (unpaired) electrons. The lowest BCUT2D eigenvalue weighted by molar-refractivity contribution is 0.551. The summed E-state index contributed by atoms with van der Waals surface area (Å²) in [4.78, 5) is 1.03. The first-order valence-corrected chi connectivity index (χ1v) is 8.27. The number of benzene rings is 1. The van der Waals surface area contributed by atoms with E-state index in [0.29, 0.717) is 5.00 Å². The minimum atomic E-state index is -2.68. The monoisotopic (exact) mass is 308 g/mol. The van der Waals surface area contributed by atoms with Gasteiger partial charge in [-0.15, -0.1) is 11.3 Å².